The highest BCUT2D eigenvalue weighted by Crippen LogP contribution is 2.32. The van der Waals surface area contributed by atoms with E-state index < -0.39 is 11.2 Å². The first-order valence-electron chi connectivity index (χ1n) is 6.83. The predicted molar refractivity (Wildman–Crippen MR) is 83.1 cm³/mol. The minimum atomic E-state index is -0.646. The zero-order valence-corrected chi connectivity index (χ0v) is 12.6. The van der Waals surface area contributed by atoms with E-state index in [1.807, 2.05) is 13.8 Å². The molecule has 21 heavy (non-hydrogen) atoms. The summed E-state index contributed by atoms with van der Waals surface area (Å²) in [6.45, 7) is 3.83. The number of aromatic hydroxyl groups is 1. The van der Waals surface area contributed by atoms with Crippen molar-refractivity contribution in [3.63, 3.8) is 0 Å². The Kier molecular flexibility index (Phi) is 4.53. The number of H-pyrrole nitrogens is 1. The second-order valence-electron chi connectivity index (χ2n) is 4.78. The van der Waals surface area contributed by atoms with E-state index in [0.29, 0.717) is 23.4 Å². The Hall–Kier alpha value is -2.01. The molecule has 6 heteroatoms. The molecule has 1 heterocycles. The molecule has 2 rings (SSSR count). The molecule has 0 spiro atoms. The summed E-state index contributed by atoms with van der Waals surface area (Å²) in [5.41, 5.74) is -0.834. The van der Waals surface area contributed by atoms with Crippen molar-refractivity contribution in [2.75, 3.05) is 0 Å². The van der Waals surface area contributed by atoms with E-state index in [0.717, 1.165) is 0 Å². The van der Waals surface area contributed by atoms with E-state index in [9.17, 15) is 14.7 Å². The van der Waals surface area contributed by atoms with E-state index in [4.69, 9.17) is 11.6 Å². The van der Waals surface area contributed by atoms with Gasteiger partial charge >= 0.3 is 5.69 Å². The van der Waals surface area contributed by atoms with Crippen molar-refractivity contribution in [1.29, 1.82) is 0 Å². The second kappa shape index (κ2) is 6.18. The normalized spacial score (nSPS) is 11.0. The Bertz CT molecular complexity index is 760. The van der Waals surface area contributed by atoms with Gasteiger partial charge in [0.15, 0.2) is 0 Å². The zero-order valence-electron chi connectivity index (χ0n) is 11.9. The summed E-state index contributed by atoms with van der Waals surface area (Å²) in [4.78, 5) is 26.3. The van der Waals surface area contributed by atoms with Crippen molar-refractivity contribution in [1.82, 2.24) is 9.55 Å². The van der Waals surface area contributed by atoms with Crippen molar-refractivity contribution < 1.29 is 5.11 Å². The molecular formula is C15H17ClN2O3. The number of hydrogen-bond acceptors (Lipinski definition) is 3. The van der Waals surface area contributed by atoms with Gasteiger partial charge in [-0.3, -0.25) is 14.3 Å². The summed E-state index contributed by atoms with van der Waals surface area (Å²) >= 11 is 6.09. The predicted octanol–water partition coefficient (Wildman–Crippen LogP) is 2.92. The maximum atomic E-state index is 12.1. The highest BCUT2D eigenvalue weighted by molar-refractivity contribution is 6.33. The van der Waals surface area contributed by atoms with Crippen molar-refractivity contribution in [2.24, 2.45) is 0 Å². The van der Waals surface area contributed by atoms with Crippen molar-refractivity contribution in [3.05, 3.63) is 50.1 Å². The lowest BCUT2D eigenvalue weighted by molar-refractivity contribution is 0.351. The van der Waals surface area contributed by atoms with E-state index in [-0.39, 0.29) is 17.5 Å². The fourth-order valence-electron chi connectivity index (χ4n) is 2.44. The molecular weight excluding hydrogens is 292 g/mol. The molecule has 112 valence electrons. The van der Waals surface area contributed by atoms with Crippen molar-refractivity contribution >= 4 is 11.6 Å². The summed E-state index contributed by atoms with van der Waals surface area (Å²) in [6.07, 6.45) is 1.33. The lowest BCUT2D eigenvalue weighted by Gasteiger charge is -2.19. The highest BCUT2D eigenvalue weighted by atomic mass is 35.5. The number of halogens is 1. The topological polar surface area (TPSA) is 75.1 Å². The number of nitrogens with one attached hydrogen (secondary N) is 1. The number of aromatic nitrogens is 2. The number of aromatic amines is 1. The van der Waals surface area contributed by atoms with Crippen LogP contribution in [-0.2, 0) is 0 Å². The molecule has 2 N–H and O–H groups in total. The second-order valence-corrected chi connectivity index (χ2v) is 5.19. The molecule has 0 bridgehead atoms. The smallest absolute Gasteiger partial charge is 0.331 e. The lowest BCUT2D eigenvalue weighted by Crippen LogP contribution is -2.33. The SMILES string of the molecule is CCC(CC)n1c(O)c(-c2ccccc2Cl)c(=O)[nH]c1=O. The van der Waals surface area contributed by atoms with Crippen LogP contribution < -0.4 is 11.2 Å². The third-order valence-electron chi connectivity index (χ3n) is 3.57. The Labute approximate surface area is 126 Å². The summed E-state index contributed by atoms with van der Waals surface area (Å²) in [5.74, 6) is -0.342. The third kappa shape index (κ3) is 2.74. The summed E-state index contributed by atoms with van der Waals surface area (Å²) in [6, 6.07) is 6.52. The van der Waals surface area contributed by atoms with E-state index in [1.165, 1.54) is 4.57 Å². The average molecular weight is 309 g/mol. The summed E-state index contributed by atoms with van der Waals surface area (Å²) in [5, 5.41) is 10.8. The van der Waals surface area contributed by atoms with Crippen LogP contribution in [0.1, 0.15) is 32.7 Å². The van der Waals surface area contributed by atoms with Gasteiger partial charge in [0.05, 0.1) is 0 Å². The van der Waals surface area contributed by atoms with Crippen LogP contribution in [0.25, 0.3) is 11.1 Å². The molecule has 1 aromatic heterocycles. The first kappa shape index (κ1) is 15.4. The minimum absolute atomic E-state index is 0.0205. The maximum absolute atomic E-state index is 12.1. The van der Waals surface area contributed by atoms with Gasteiger partial charge in [0.1, 0.15) is 5.56 Å². The van der Waals surface area contributed by atoms with E-state index >= 15 is 0 Å². The zero-order chi connectivity index (χ0) is 15.6. The van der Waals surface area contributed by atoms with Gasteiger partial charge in [-0.1, -0.05) is 43.6 Å². The van der Waals surface area contributed by atoms with Gasteiger partial charge < -0.3 is 5.11 Å². The van der Waals surface area contributed by atoms with Crippen LogP contribution in [-0.4, -0.2) is 14.7 Å². The Morgan fingerprint density at radius 3 is 2.43 bits per heavy atom. The van der Waals surface area contributed by atoms with Crippen LogP contribution in [0.2, 0.25) is 5.02 Å². The van der Waals surface area contributed by atoms with E-state index in [2.05, 4.69) is 4.98 Å². The quantitative estimate of drug-likeness (QED) is 0.912. The van der Waals surface area contributed by atoms with Crippen molar-refractivity contribution in [3.8, 4) is 17.0 Å². The average Bonchev–Trinajstić information content (AvgIpc) is 2.45. The van der Waals surface area contributed by atoms with Crippen LogP contribution >= 0.6 is 11.6 Å². The van der Waals surface area contributed by atoms with Gasteiger partial charge in [0.25, 0.3) is 5.56 Å². The van der Waals surface area contributed by atoms with Gasteiger partial charge in [0, 0.05) is 16.6 Å². The van der Waals surface area contributed by atoms with Gasteiger partial charge in [0.2, 0.25) is 5.88 Å². The summed E-state index contributed by atoms with van der Waals surface area (Å²) in [7, 11) is 0. The minimum Gasteiger partial charge on any atom is -0.494 e. The first-order valence-corrected chi connectivity index (χ1v) is 7.21. The van der Waals surface area contributed by atoms with Crippen molar-refractivity contribution in [2.45, 2.75) is 32.7 Å². The van der Waals surface area contributed by atoms with Crippen LogP contribution in [0.3, 0.4) is 0 Å². The number of hydrogen-bond donors (Lipinski definition) is 2. The maximum Gasteiger partial charge on any atom is 0.331 e. The molecule has 5 nitrogen and oxygen atoms in total. The molecule has 0 saturated carbocycles. The molecule has 0 fully saturated rings. The Morgan fingerprint density at radius 2 is 1.86 bits per heavy atom. The monoisotopic (exact) mass is 308 g/mol. The Morgan fingerprint density at radius 1 is 1.24 bits per heavy atom. The molecule has 1 aromatic carbocycles. The van der Waals surface area contributed by atoms with Crippen LogP contribution in [0.4, 0.5) is 0 Å². The molecule has 0 saturated heterocycles. The van der Waals surface area contributed by atoms with Crippen LogP contribution in [0, 0.1) is 0 Å². The summed E-state index contributed by atoms with van der Waals surface area (Å²) < 4.78 is 1.22. The highest BCUT2D eigenvalue weighted by Gasteiger charge is 2.21. The number of rotatable bonds is 4. The lowest BCUT2D eigenvalue weighted by atomic mass is 10.1. The Balaban J connectivity index is 2.80. The number of nitrogens with zero attached hydrogens (tertiary/aromatic N) is 1. The van der Waals surface area contributed by atoms with Gasteiger partial charge in [-0.25, -0.2) is 4.79 Å². The van der Waals surface area contributed by atoms with Gasteiger partial charge in [-0.2, -0.15) is 0 Å². The molecule has 0 unspecified atom stereocenters. The first-order chi connectivity index (χ1) is 10.0. The molecule has 0 amide bonds. The molecule has 0 atom stereocenters. The number of benzene rings is 1. The molecule has 0 radical (unpaired) electrons. The largest absolute Gasteiger partial charge is 0.494 e. The van der Waals surface area contributed by atoms with Gasteiger partial charge in [-0.15, -0.1) is 0 Å². The van der Waals surface area contributed by atoms with E-state index in [1.54, 1.807) is 24.3 Å². The van der Waals surface area contributed by atoms with Gasteiger partial charge in [-0.05, 0) is 18.9 Å². The molecule has 0 aliphatic rings. The molecule has 0 aliphatic heterocycles. The molecule has 2 aromatic rings. The van der Waals surface area contributed by atoms with Crippen LogP contribution in [0.15, 0.2) is 33.9 Å². The third-order valence-corrected chi connectivity index (χ3v) is 3.90. The molecule has 0 aliphatic carbocycles. The fraction of sp³-hybridized carbons (Fsp3) is 0.333. The standard InChI is InChI=1S/C15H17ClN2O3/c1-3-9(4-2)18-14(20)12(13(19)17-15(18)21)10-7-5-6-8-11(10)16/h5-9,20H,3-4H2,1-2H3,(H,17,19,21). The fourth-order valence-corrected chi connectivity index (χ4v) is 2.67. The van der Waals surface area contributed by atoms with Crippen LogP contribution in [0.5, 0.6) is 5.88 Å².